The number of methoxy groups -OCH3 is 1. The van der Waals surface area contributed by atoms with Crippen LogP contribution in [0.15, 0.2) is 0 Å². The van der Waals surface area contributed by atoms with Gasteiger partial charge in [0, 0.05) is 26.7 Å². The van der Waals surface area contributed by atoms with Gasteiger partial charge in [0.2, 0.25) is 5.91 Å². The Hall–Kier alpha value is -2.03. The van der Waals surface area contributed by atoms with E-state index in [1.54, 1.807) is 32.8 Å². The van der Waals surface area contributed by atoms with E-state index in [2.05, 4.69) is 22.9 Å². The molecule has 0 aromatic heterocycles. The lowest BCUT2D eigenvalue weighted by atomic mass is 10.1. The van der Waals surface area contributed by atoms with Crippen molar-refractivity contribution in [1.29, 1.82) is 0 Å². The summed E-state index contributed by atoms with van der Waals surface area (Å²) in [6.45, 7) is 8.69. The molecule has 4 amide bonds. The minimum atomic E-state index is -0.634. The van der Waals surface area contributed by atoms with Crippen molar-refractivity contribution >= 4 is 18.0 Å². The molecule has 204 valence electrons. The van der Waals surface area contributed by atoms with Gasteiger partial charge in [0.1, 0.15) is 12.1 Å². The Balaban J connectivity index is 2.17. The van der Waals surface area contributed by atoms with Gasteiger partial charge in [-0.3, -0.25) is 4.79 Å². The number of unbranched alkanes of at least 4 members (excludes halogenated alkanes) is 10. The maximum absolute atomic E-state index is 12.5. The molecule has 0 spiro atoms. The molecule has 1 rings (SSSR count). The molecule has 9 heteroatoms. The number of urea groups is 1. The summed E-state index contributed by atoms with van der Waals surface area (Å²) in [7, 11) is 1.56. The topological polar surface area (TPSA) is 109 Å². The van der Waals surface area contributed by atoms with Crippen LogP contribution in [0.2, 0.25) is 0 Å². The second-order valence-electron chi connectivity index (χ2n) is 10.5. The summed E-state index contributed by atoms with van der Waals surface area (Å²) in [5.74, 6) is -0.247. The van der Waals surface area contributed by atoms with Crippen LogP contribution in [0.4, 0.5) is 9.59 Å². The molecule has 0 radical (unpaired) electrons. The van der Waals surface area contributed by atoms with E-state index in [4.69, 9.17) is 9.47 Å². The number of amides is 4. The molecular weight excluding hydrogens is 448 g/mol. The molecule has 1 aliphatic heterocycles. The van der Waals surface area contributed by atoms with Crippen molar-refractivity contribution < 1.29 is 23.9 Å². The number of nitrogens with zero attached hydrogens (tertiary/aromatic N) is 1. The first-order chi connectivity index (χ1) is 16.7. The van der Waals surface area contributed by atoms with Gasteiger partial charge in [-0.05, 0) is 27.2 Å². The molecule has 9 nitrogen and oxygen atoms in total. The highest BCUT2D eigenvalue weighted by Gasteiger charge is 2.36. The SMILES string of the molecule is CCCCCCCCCCCCCNC(=O)N[C@H]1CN(C(=O)CNC(=O)OC(C)(C)C)C[C@@H]1OC. The fourth-order valence-corrected chi connectivity index (χ4v) is 4.14. The van der Waals surface area contributed by atoms with Crippen molar-refractivity contribution in [2.24, 2.45) is 0 Å². The van der Waals surface area contributed by atoms with Crippen LogP contribution >= 0.6 is 0 Å². The fourth-order valence-electron chi connectivity index (χ4n) is 4.14. The van der Waals surface area contributed by atoms with Gasteiger partial charge < -0.3 is 30.3 Å². The minimum Gasteiger partial charge on any atom is -0.444 e. The van der Waals surface area contributed by atoms with E-state index in [0.717, 1.165) is 12.8 Å². The summed E-state index contributed by atoms with van der Waals surface area (Å²) >= 11 is 0. The van der Waals surface area contributed by atoms with Gasteiger partial charge in [-0.15, -0.1) is 0 Å². The van der Waals surface area contributed by atoms with Gasteiger partial charge in [0.15, 0.2) is 0 Å². The third-order valence-electron chi connectivity index (χ3n) is 6.09. The van der Waals surface area contributed by atoms with E-state index in [1.165, 1.54) is 57.8 Å². The second-order valence-corrected chi connectivity index (χ2v) is 10.5. The summed E-state index contributed by atoms with van der Waals surface area (Å²) in [5, 5.41) is 8.30. The largest absolute Gasteiger partial charge is 0.444 e. The van der Waals surface area contributed by atoms with Crippen LogP contribution in [0.3, 0.4) is 0 Å². The predicted molar refractivity (Wildman–Crippen MR) is 138 cm³/mol. The summed E-state index contributed by atoms with van der Waals surface area (Å²) in [6, 6.07) is -0.548. The zero-order valence-electron chi connectivity index (χ0n) is 22.7. The quantitative estimate of drug-likeness (QED) is 0.274. The van der Waals surface area contributed by atoms with Crippen LogP contribution in [0.5, 0.6) is 0 Å². The number of alkyl carbamates (subject to hydrolysis) is 1. The number of ether oxygens (including phenoxy) is 2. The lowest BCUT2D eigenvalue weighted by molar-refractivity contribution is -0.129. The lowest BCUT2D eigenvalue weighted by Gasteiger charge is -2.21. The van der Waals surface area contributed by atoms with Crippen LogP contribution in [-0.4, -0.2) is 74.0 Å². The lowest BCUT2D eigenvalue weighted by Crippen LogP contribution is -2.48. The van der Waals surface area contributed by atoms with Crippen molar-refractivity contribution in [3.8, 4) is 0 Å². The standard InChI is InChI=1S/C26H50N4O5/c1-6-7-8-9-10-11-12-13-14-15-16-17-27-24(32)29-21-19-30(20-22(21)34-5)23(31)18-28-25(33)35-26(2,3)4/h21-22H,6-20H2,1-5H3,(H,28,33)(H2,27,29,32)/t21-,22-/m0/s1. The highest BCUT2D eigenvalue weighted by molar-refractivity contribution is 5.83. The Labute approximate surface area is 212 Å². The first kappa shape index (κ1) is 31.0. The molecule has 35 heavy (non-hydrogen) atoms. The summed E-state index contributed by atoms with van der Waals surface area (Å²) < 4.78 is 10.6. The molecule has 2 atom stereocenters. The molecule has 0 aromatic carbocycles. The maximum Gasteiger partial charge on any atom is 0.408 e. The van der Waals surface area contributed by atoms with Crippen molar-refractivity contribution in [3.05, 3.63) is 0 Å². The Bertz CT molecular complexity index is 623. The molecular formula is C26H50N4O5. The number of likely N-dealkylation sites (tertiary alicyclic amines) is 1. The summed E-state index contributed by atoms with van der Waals surface area (Å²) in [5.41, 5.74) is -0.627. The van der Waals surface area contributed by atoms with Gasteiger partial charge >= 0.3 is 12.1 Å². The van der Waals surface area contributed by atoms with Gasteiger partial charge in [-0.1, -0.05) is 71.1 Å². The number of rotatable bonds is 16. The predicted octanol–water partition coefficient (Wildman–Crippen LogP) is 4.35. The molecule has 1 fully saturated rings. The van der Waals surface area contributed by atoms with Crippen LogP contribution in [0.1, 0.15) is 98.3 Å². The van der Waals surface area contributed by atoms with E-state index in [0.29, 0.717) is 19.6 Å². The van der Waals surface area contributed by atoms with E-state index in [9.17, 15) is 14.4 Å². The maximum atomic E-state index is 12.5. The average molecular weight is 499 g/mol. The monoisotopic (exact) mass is 498 g/mol. The van der Waals surface area contributed by atoms with Crippen molar-refractivity contribution in [2.75, 3.05) is 33.3 Å². The van der Waals surface area contributed by atoms with E-state index in [-0.39, 0.29) is 30.6 Å². The van der Waals surface area contributed by atoms with Crippen molar-refractivity contribution in [3.63, 3.8) is 0 Å². The minimum absolute atomic E-state index is 0.164. The third kappa shape index (κ3) is 14.9. The number of hydrogen-bond donors (Lipinski definition) is 3. The molecule has 1 aliphatic rings. The third-order valence-corrected chi connectivity index (χ3v) is 6.09. The molecule has 0 saturated carbocycles. The molecule has 0 bridgehead atoms. The Kier molecular flexibility index (Phi) is 15.4. The van der Waals surface area contributed by atoms with Gasteiger partial charge in [-0.25, -0.2) is 9.59 Å². The van der Waals surface area contributed by atoms with E-state index >= 15 is 0 Å². The molecule has 0 aliphatic carbocycles. The highest BCUT2D eigenvalue weighted by Crippen LogP contribution is 2.14. The van der Waals surface area contributed by atoms with E-state index in [1.807, 2.05) is 0 Å². The van der Waals surface area contributed by atoms with Gasteiger partial charge in [0.05, 0.1) is 12.1 Å². The molecule has 0 unspecified atom stereocenters. The number of nitrogens with one attached hydrogen (secondary N) is 3. The number of hydrogen-bond acceptors (Lipinski definition) is 5. The summed E-state index contributed by atoms with van der Waals surface area (Å²) in [4.78, 5) is 38.1. The van der Waals surface area contributed by atoms with Crippen LogP contribution in [0, 0.1) is 0 Å². The first-order valence-electron chi connectivity index (χ1n) is 13.5. The van der Waals surface area contributed by atoms with Gasteiger partial charge in [-0.2, -0.15) is 0 Å². The fraction of sp³-hybridized carbons (Fsp3) is 0.885. The van der Waals surface area contributed by atoms with E-state index < -0.39 is 11.7 Å². The average Bonchev–Trinajstić information content (AvgIpc) is 3.19. The molecule has 0 aromatic rings. The second kappa shape index (κ2) is 17.4. The Morgan fingerprint density at radius 1 is 0.857 bits per heavy atom. The summed E-state index contributed by atoms with van der Waals surface area (Å²) in [6.07, 6.45) is 13.0. The zero-order valence-corrected chi connectivity index (χ0v) is 22.7. The van der Waals surface area contributed by atoms with Crippen LogP contribution < -0.4 is 16.0 Å². The normalized spacial score (nSPS) is 17.8. The van der Waals surface area contributed by atoms with Crippen LogP contribution in [-0.2, 0) is 14.3 Å². The Morgan fingerprint density at radius 2 is 1.43 bits per heavy atom. The molecule has 3 N–H and O–H groups in total. The van der Waals surface area contributed by atoms with Crippen molar-refractivity contribution in [1.82, 2.24) is 20.9 Å². The first-order valence-corrected chi connectivity index (χ1v) is 13.5. The zero-order chi connectivity index (χ0) is 26.1. The van der Waals surface area contributed by atoms with Gasteiger partial charge in [0.25, 0.3) is 0 Å². The highest BCUT2D eigenvalue weighted by atomic mass is 16.6. The van der Waals surface area contributed by atoms with Crippen LogP contribution in [0.25, 0.3) is 0 Å². The number of carbonyl (C=O) groups is 3. The number of carbonyl (C=O) groups excluding carboxylic acids is 3. The molecule has 1 saturated heterocycles. The Morgan fingerprint density at radius 3 is 1.97 bits per heavy atom. The molecule has 1 heterocycles. The smallest absolute Gasteiger partial charge is 0.408 e. The van der Waals surface area contributed by atoms with Crippen molar-refractivity contribution in [2.45, 2.75) is 116 Å².